The number of benzene rings is 2. The Morgan fingerprint density at radius 3 is 2.58 bits per heavy atom. The molecular weight excluding hydrogens is 232 g/mol. The van der Waals surface area contributed by atoms with E-state index < -0.39 is 0 Å². The van der Waals surface area contributed by atoms with Gasteiger partial charge in [-0.2, -0.15) is 0 Å². The number of hydrogen-bond donors (Lipinski definition) is 1. The Labute approximate surface area is 114 Å². The van der Waals surface area contributed by atoms with Crippen LogP contribution in [0.25, 0.3) is 0 Å². The fourth-order valence-electron chi connectivity index (χ4n) is 2.90. The Morgan fingerprint density at radius 1 is 1.11 bits per heavy atom. The van der Waals surface area contributed by atoms with E-state index in [0.29, 0.717) is 5.92 Å². The highest BCUT2D eigenvalue weighted by molar-refractivity contribution is 5.40. The zero-order valence-corrected chi connectivity index (χ0v) is 11.3. The number of rotatable bonds is 4. The second-order valence-electron chi connectivity index (χ2n) is 5.54. The molecule has 0 heterocycles. The highest BCUT2D eigenvalue weighted by Gasteiger charge is 2.26. The lowest BCUT2D eigenvalue weighted by Crippen LogP contribution is -2.30. The highest BCUT2D eigenvalue weighted by atomic mass is 15.1. The third-order valence-electron chi connectivity index (χ3n) is 3.93. The molecule has 0 fully saturated rings. The maximum atomic E-state index is 5.71. The average molecular weight is 252 g/mol. The average Bonchev–Trinajstić information content (AvgIpc) is 2.39. The highest BCUT2D eigenvalue weighted by Crippen LogP contribution is 2.35. The van der Waals surface area contributed by atoms with Crippen LogP contribution in [0.4, 0.5) is 5.69 Å². The van der Waals surface area contributed by atoms with E-state index >= 15 is 0 Å². The van der Waals surface area contributed by atoms with Crippen LogP contribution in [0.15, 0.2) is 48.5 Å². The van der Waals surface area contributed by atoms with Gasteiger partial charge in [0, 0.05) is 24.7 Å². The summed E-state index contributed by atoms with van der Waals surface area (Å²) in [6, 6.07) is 17.0. The summed E-state index contributed by atoms with van der Waals surface area (Å²) in [5, 5.41) is 0. The smallest absolute Gasteiger partial charge is 0.0314 e. The van der Waals surface area contributed by atoms with Gasteiger partial charge < -0.3 is 10.6 Å². The number of fused-ring (bicyclic) bond motifs is 1. The Hall–Kier alpha value is -1.80. The number of nitrogens with zero attached hydrogens (tertiary/aromatic N) is 1. The molecule has 2 aromatic rings. The van der Waals surface area contributed by atoms with Crippen molar-refractivity contribution in [3.63, 3.8) is 0 Å². The molecule has 0 amide bonds. The van der Waals surface area contributed by atoms with Gasteiger partial charge in [0.15, 0.2) is 0 Å². The van der Waals surface area contributed by atoms with Crippen molar-refractivity contribution in [2.24, 2.45) is 0 Å². The van der Waals surface area contributed by atoms with Crippen molar-refractivity contribution in [1.29, 1.82) is 0 Å². The molecule has 3 rings (SSSR count). The Balaban J connectivity index is 1.58. The van der Waals surface area contributed by atoms with Crippen LogP contribution in [0.3, 0.4) is 0 Å². The Kier molecular flexibility index (Phi) is 3.26. The predicted molar refractivity (Wildman–Crippen MR) is 80.1 cm³/mol. The van der Waals surface area contributed by atoms with Gasteiger partial charge in [-0.15, -0.1) is 0 Å². The van der Waals surface area contributed by atoms with Crippen LogP contribution in [0.5, 0.6) is 0 Å². The van der Waals surface area contributed by atoms with Gasteiger partial charge >= 0.3 is 0 Å². The molecule has 0 bridgehead atoms. The number of likely N-dealkylation sites (N-methyl/N-ethyl adjacent to an activating group) is 1. The predicted octanol–water partition coefficient (Wildman–Crippen LogP) is 3.04. The largest absolute Gasteiger partial charge is 0.399 e. The monoisotopic (exact) mass is 252 g/mol. The van der Waals surface area contributed by atoms with Crippen molar-refractivity contribution in [1.82, 2.24) is 4.90 Å². The van der Waals surface area contributed by atoms with Crippen LogP contribution < -0.4 is 5.73 Å². The van der Waals surface area contributed by atoms with E-state index in [1.807, 2.05) is 12.1 Å². The molecule has 2 heteroatoms. The second kappa shape index (κ2) is 5.06. The maximum absolute atomic E-state index is 5.71. The van der Waals surface area contributed by atoms with Crippen molar-refractivity contribution in [3.05, 3.63) is 65.2 Å². The third-order valence-corrected chi connectivity index (χ3v) is 3.93. The van der Waals surface area contributed by atoms with Crippen molar-refractivity contribution in [2.75, 3.05) is 19.3 Å². The minimum atomic E-state index is 0.704. The van der Waals surface area contributed by atoms with Crippen molar-refractivity contribution in [2.45, 2.75) is 18.9 Å². The molecule has 1 unspecified atom stereocenters. The number of nitrogen functional groups attached to an aromatic ring is 1. The van der Waals surface area contributed by atoms with Crippen LogP contribution in [0.1, 0.15) is 22.6 Å². The number of anilines is 1. The van der Waals surface area contributed by atoms with E-state index in [1.165, 1.54) is 23.1 Å². The van der Waals surface area contributed by atoms with E-state index in [4.69, 9.17) is 5.73 Å². The molecular formula is C17H20N2. The van der Waals surface area contributed by atoms with Gasteiger partial charge in [0.2, 0.25) is 0 Å². The summed E-state index contributed by atoms with van der Waals surface area (Å²) < 4.78 is 0. The molecule has 19 heavy (non-hydrogen) atoms. The molecule has 0 saturated heterocycles. The molecule has 0 radical (unpaired) electrons. The lowest BCUT2D eigenvalue weighted by atomic mass is 9.77. The van der Waals surface area contributed by atoms with E-state index in [2.05, 4.69) is 48.3 Å². The van der Waals surface area contributed by atoms with Gasteiger partial charge in [-0.05, 0) is 42.3 Å². The fourth-order valence-corrected chi connectivity index (χ4v) is 2.90. The summed E-state index contributed by atoms with van der Waals surface area (Å²) >= 11 is 0. The first-order valence-corrected chi connectivity index (χ1v) is 6.83. The topological polar surface area (TPSA) is 29.3 Å². The summed E-state index contributed by atoms with van der Waals surface area (Å²) in [6.45, 7) is 2.11. The quantitative estimate of drug-likeness (QED) is 0.847. The molecule has 1 aliphatic carbocycles. The fraction of sp³-hybridized carbons (Fsp3) is 0.294. The van der Waals surface area contributed by atoms with Crippen LogP contribution in [0, 0.1) is 0 Å². The summed E-state index contributed by atoms with van der Waals surface area (Å²) in [7, 11) is 2.19. The molecule has 2 nitrogen and oxygen atoms in total. The minimum absolute atomic E-state index is 0.704. The van der Waals surface area contributed by atoms with Gasteiger partial charge in [-0.1, -0.05) is 36.4 Å². The lowest BCUT2D eigenvalue weighted by Gasteiger charge is -2.33. The molecule has 98 valence electrons. The first kappa shape index (κ1) is 12.2. The number of nitrogens with two attached hydrogens (primary N) is 1. The minimum Gasteiger partial charge on any atom is -0.399 e. The van der Waals surface area contributed by atoms with Crippen LogP contribution in [-0.4, -0.2) is 18.5 Å². The van der Waals surface area contributed by atoms with E-state index in [1.54, 1.807) is 0 Å². The van der Waals surface area contributed by atoms with Gasteiger partial charge in [-0.25, -0.2) is 0 Å². The first-order valence-electron chi connectivity index (χ1n) is 6.83. The maximum Gasteiger partial charge on any atom is 0.0314 e. The molecule has 0 saturated carbocycles. The van der Waals surface area contributed by atoms with Gasteiger partial charge in [0.1, 0.15) is 0 Å². The summed E-state index contributed by atoms with van der Waals surface area (Å²) in [5.74, 6) is 0.704. The molecule has 0 aromatic heterocycles. The molecule has 2 N–H and O–H groups in total. The summed E-state index contributed by atoms with van der Waals surface area (Å²) in [5.41, 5.74) is 10.9. The second-order valence-corrected chi connectivity index (χ2v) is 5.54. The SMILES string of the molecule is CN(Cc1ccc(N)cc1)CC1Cc2ccccc21. The molecule has 0 spiro atoms. The summed E-state index contributed by atoms with van der Waals surface area (Å²) in [6.07, 6.45) is 1.22. The Morgan fingerprint density at radius 2 is 1.84 bits per heavy atom. The van der Waals surface area contributed by atoms with Crippen LogP contribution >= 0.6 is 0 Å². The van der Waals surface area contributed by atoms with Crippen LogP contribution in [-0.2, 0) is 13.0 Å². The van der Waals surface area contributed by atoms with E-state index in [0.717, 1.165) is 18.8 Å². The standard InChI is InChI=1S/C17H20N2/c1-19(11-13-6-8-16(18)9-7-13)12-15-10-14-4-2-3-5-17(14)15/h2-9,15H,10-12,18H2,1H3. The van der Waals surface area contributed by atoms with E-state index in [9.17, 15) is 0 Å². The zero-order chi connectivity index (χ0) is 13.2. The van der Waals surface area contributed by atoms with Crippen LogP contribution in [0.2, 0.25) is 0 Å². The molecule has 1 aliphatic rings. The number of hydrogen-bond acceptors (Lipinski definition) is 2. The molecule has 0 aliphatic heterocycles. The van der Waals surface area contributed by atoms with Gasteiger partial charge in [0.05, 0.1) is 0 Å². The summed E-state index contributed by atoms with van der Waals surface area (Å²) in [4.78, 5) is 2.39. The van der Waals surface area contributed by atoms with Crippen molar-refractivity contribution in [3.8, 4) is 0 Å². The lowest BCUT2D eigenvalue weighted by molar-refractivity contribution is 0.291. The van der Waals surface area contributed by atoms with Gasteiger partial charge in [0.25, 0.3) is 0 Å². The Bertz CT molecular complexity index is 560. The zero-order valence-electron chi connectivity index (χ0n) is 11.3. The molecule has 2 aromatic carbocycles. The first-order chi connectivity index (χ1) is 9.22. The van der Waals surface area contributed by atoms with Gasteiger partial charge in [-0.3, -0.25) is 0 Å². The normalized spacial score (nSPS) is 17.1. The van der Waals surface area contributed by atoms with Crippen molar-refractivity contribution >= 4 is 5.69 Å². The third kappa shape index (κ3) is 2.64. The molecule has 1 atom stereocenters. The van der Waals surface area contributed by atoms with E-state index in [-0.39, 0.29) is 0 Å². The van der Waals surface area contributed by atoms with Crippen molar-refractivity contribution < 1.29 is 0 Å².